The van der Waals surface area contributed by atoms with Gasteiger partial charge in [-0.15, -0.1) is 0 Å². The first-order valence-electron chi connectivity index (χ1n) is 6.49. The van der Waals surface area contributed by atoms with E-state index in [1.165, 1.54) is 6.07 Å². The summed E-state index contributed by atoms with van der Waals surface area (Å²) in [7, 11) is -2.64. The van der Waals surface area contributed by atoms with Crippen molar-refractivity contribution in [1.29, 1.82) is 0 Å². The van der Waals surface area contributed by atoms with Crippen LogP contribution in [0.2, 0.25) is 0 Å². The average Bonchev–Trinajstić information content (AvgIpc) is 2.85. The molecule has 8 heteroatoms. The highest BCUT2D eigenvalue weighted by molar-refractivity contribution is 7.89. The van der Waals surface area contributed by atoms with Crippen molar-refractivity contribution in [2.75, 3.05) is 7.11 Å². The molecular weight excluding hydrogens is 299 g/mol. The summed E-state index contributed by atoms with van der Waals surface area (Å²) in [6.07, 6.45) is 2.52. The molecule has 2 rings (SSSR count). The maximum absolute atomic E-state index is 13.4. The van der Waals surface area contributed by atoms with Gasteiger partial charge in [-0.1, -0.05) is 0 Å². The van der Waals surface area contributed by atoms with Crippen LogP contribution in [0.15, 0.2) is 23.1 Å². The molecule has 0 radical (unpaired) electrons. The summed E-state index contributed by atoms with van der Waals surface area (Å²) < 4.78 is 41.2. The molecule has 2 unspecified atom stereocenters. The molecule has 1 aromatic rings. The number of nitrogens with one attached hydrogen (secondary N) is 1. The molecule has 0 aromatic heterocycles. The number of amides is 1. The molecule has 0 heterocycles. The zero-order chi connectivity index (χ0) is 15.6. The smallest absolute Gasteiger partial charge is 0.251 e. The fourth-order valence-corrected chi connectivity index (χ4v) is 3.12. The maximum atomic E-state index is 13.4. The third-order valence-corrected chi connectivity index (χ3v) is 4.50. The Labute approximate surface area is 122 Å². The molecule has 1 aliphatic carbocycles. The summed E-state index contributed by atoms with van der Waals surface area (Å²) in [4.78, 5) is 11.4. The van der Waals surface area contributed by atoms with Crippen molar-refractivity contribution < 1.29 is 22.3 Å². The Balaban J connectivity index is 2.20. The molecule has 6 nitrogen and oxygen atoms in total. The molecule has 1 fully saturated rings. The Bertz CT molecular complexity index is 648. The van der Waals surface area contributed by atoms with E-state index < -0.39 is 26.6 Å². The minimum absolute atomic E-state index is 0.0437. The van der Waals surface area contributed by atoms with Crippen LogP contribution in [-0.4, -0.2) is 33.6 Å². The second-order valence-corrected chi connectivity index (χ2v) is 6.51. The first-order chi connectivity index (χ1) is 9.82. The summed E-state index contributed by atoms with van der Waals surface area (Å²) in [5.74, 6) is -1.46. The minimum atomic E-state index is -4.21. The Hall–Kier alpha value is -1.51. The van der Waals surface area contributed by atoms with Gasteiger partial charge >= 0.3 is 0 Å². The van der Waals surface area contributed by atoms with Gasteiger partial charge in [0.25, 0.3) is 5.91 Å². The van der Waals surface area contributed by atoms with Gasteiger partial charge in [-0.05, 0) is 37.5 Å². The van der Waals surface area contributed by atoms with Crippen LogP contribution < -0.4 is 10.5 Å². The summed E-state index contributed by atoms with van der Waals surface area (Å²) >= 11 is 0. The lowest BCUT2D eigenvalue weighted by molar-refractivity contribution is 0.0722. The number of benzene rings is 1. The van der Waals surface area contributed by atoms with E-state index in [1.54, 1.807) is 7.11 Å². The molecule has 0 saturated heterocycles. The predicted molar refractivity (Wildman–Crippen MR) is 73.7 cm³/mol. The Kier molecular flexibility index (Phi) is 4.60. The number of hydrogen-bond acceptors (Lipinski definition) is 4. The molecular formula is C13H17FN2O4S. The number of ether oxygens (including phenoxy) is 1. The molecule has 21 heavy (non-hydrogen) atoms. The minimum Gasteiger partial charge on any atom is -0.379 e. The van der Waals surface area contributed by atoms with E-state index in [-0.39, 0.29) is 17.7 Å². The number of carbonyl (C=O) groups is 1. The van der Waals surface area contributed by atoms with Crippen molar-refractivity contribution in [3.05, 3.63) is 29.6 Å². The quantitative estimate of drug-likeness (QED) is 0.857. The van der Waals surface area contributed by atoms with Crippen LogP contribution in [-0.2, 0) is 14.8 Å². The highest BCUT2D eigenvalue weighted by Gasteiger charge is 2.29. The van der Waals surface area contributed by atoms with Gasteiger partial charge in [0.05, 0.1) is 12.1 Å². The van der Waals surface area contributed by atoms with Crippen LogP contribution in [0.3, 0.4) is 0 Å². The predicted octanol–water partition coefficient (Wildman–Crippen LogP) is 0.770. The van der Waals surface area contributed by atoms with E-state index in [1.807, 2.05) is 0 Å². The van der Waals surface area contributed by atoms with Crippen LogP contribution >= 0.6 is 0 Å². The number of rotatable bonds is 4. The molecule has 3 N–H and O–H groups in total. The van der Waals surface area contributed by atoms with Gasteiger partial charge in [-0.2, -0.15) is 0 Å². The third kappa shape index (κ3) is 3.58. The molecule has 2 atom stereocenters. The second-order valence-electron chi connectivity index (χ2n) is 4.98. The first kappa shape index (κ1) is 15.9. The number of primary sulfonamides is 1. The summed E-state index contributed by atoms with van der Waals surface area (Å²) in [6.45, 7) is 0. The monoisotopic (exact) mass is 316 g/mol. The molecule has 0 spiro atoms. The van der Waals surface area contributed by atoms with Crippen molar-refractivity contribution in [2.45, 2.75) is 36.3 Å². The topological polar surface area (TPSA) is 98.5 Å². The molecule has 1 aromatic carbocycles. The fraction of sp³-hybridized carbons (Fsp3) is 0.462. The van der Waals surface area contributed by atoms with E-state index in [0.717, 1.165) is 31.4 Å². The number of hydrogen-bond donors (Lipinski definition) is 2. The van der Waals surface area contributed by atoms with Crippen LogP contribution in [0.25, 0.3) is 0 Å². The SMILES string of the molecule is COC1CCCC1NC(=O)c1ccc(F)c(S(N)(=O)=O)c1. The molecule has 0 aliphatic heterocycles. The Morgan fingerprint density at radius 2 is 2.14 bits per heavy atom. The van der Waals surface area contributed by atoms with Gasteiger partial charge in [0.15, 0.2) is 0 Å². The number of methoxy groups -OCH3 is 1. The fourth-order valence-electron chi connectivity index (χ4n) is 2.49. The van der Waals surface area contributed by atoms with Gasteiger partial charge in [0.2, 0.25) is 10.0 Å². The zero-order valence-corrected chi connectivity index (χ0v) is 12.3. The second kappa shape index (κ2) is 6.08. The molecule has 1 aliphatic rings. The Morgan fingerprint density at radius 1 is 1.43 bits per heavy atom. The Morgan fingerprint density at radius 3 is 2.76 bits per heavy atom. The highest BCUT2D eigenvalue weighted by Crippen LogP contribution is 2.22. The lowest BCUT2D eigenvalue weighted by atomic mass is 10.1. The molecule has 0 bridgehead atoms. The van der Waals surface area contributed by atoms with Gasteiger partial charge in [-0.25, -0.2) is 17.9 Å². The van der Waals surface area contributed by atoms with Crippen LogP contribution in [0.1, 0.15) is 29.6 Å². The van der Waals surface area contributed by atoms with E-state index in [2.05, 4.69) is 5.32 Å². The lowest BCUT2D eigenvalue weighted by Crippen LogP contribution is -2.40. The first-order valence-corrected chi connectivity index (χ1v) is 8.03. The lowest BCUT2D eigenvalue weighted by Gasteiger charge is -2.19. The van der Waals surface area contributed by atoms with Crippen molar-refractivity contribution in [2.24, 2.45) is 5.14 Å². The van der Waals surface area contributed by atoms with Gasteiger partial charge < -0.3 is 10.1 Å². The van der Waals surface area contributed by atoms with Gasteiger partial charge in [0.1, 0.15) is 10.7 Å². The van der Waals surface area contributed by atoms with E-state index in [4.69, 9.17) is 9.88 Å². The molecule has 1 amide bonds. The van der Waals surface area contributed by atoms with E-state index in [0.29, 0.717) is 0 Å². The zero-order valence-electron chi connectivity index (χ0n) is 11.5. The largest absolute Gasteiger partial charge is 0.379 e. The van der Waals surface area contributed by atoms with Crippen molar-refractivity contribution in [1.82, 2.24) is 5.32 Å². The van der Waals surface area contributed by atoms with Crippen LogP contribution in [0, 0.1) is 5.82 Å². The average molecular weight is 316 g/mol. The standard InChI is InChI=1S/C13H17FN2O4S/c1-20-11-4-2-3-10(11)16-13(17)8-5-6-9(14)12(7-8)21(15,18)19/h5-7,10-11H,2-4H2,1H3,(H,16,17)(H2,15,18,19). The van der Waals surface area contributed by atoms with Crippen molar-refractivity contribution in [3.63, 3.8) is 0 Å². The van der Waals surface area contributed by atoms with Gasteiger partial charge in [0, 0.05) is 12.7 Å². The van der Waals surface area contributed by atoms with E-state index >= 15 is 0 Å². The van der Waals surface area contributed by atoms with Crippen molar-refractivity contribution in [3.8, 4) is 0 Å². The van der Waals surface area contributed by atoms with Gasteiger partial charge in [-0.3, -0.25) is 4.79 Å². The summed E-state index contributed by atoms with van der Waals surface area (Å²) in [5.41, 5.74) is 0.0437. The van der Waals surface area contributed by atoms with Crippen LogP contribution in [0.4, 0.5) is 4.39 Å². The highest BCUT2D eigenvalue weighted by atomic mass is 32.2. The normalized spacial score (nSPS) is 22.2. The third-order valence-electron chi connectivity index (χ3n) is 3.57. The summed E-state index contributed by atoms with van der Waals surface area (Å²) in [6, 6.07) is 2.94. The number of sulfonamides is 1. The molecule has 116 valence electrons. The van der Waals surface area contributed by atoms with Crippen molar-refractivity contribution >= 4 is 15.9 Å². The maximum Gasteiger partial charge on any atom is 0.251 e. The van der Waals surface area contributed by atoms with Crippen LogP contribution in [0.5, 0.6) is 0 Å². The number of halogens is 1. The summed E-state index contributed by atoms with van der Waals surface area (Å²) in [5, 5.41) is 7.69. The number of nitrogens with two attached hydrogens (primary N) is 1. The van der Waals surface area contributed by atoms with E-state index in [9.17, 15) is 17.6 Å². The number of carbonyl (C=O) groups excluding carboxylic acids is 1. The molecule has 1 saturated carbocycles.